The van der Waals surface area contributed by atoms with Crippen molar-refractivity contribution in [3.63, 3.8) is 0 Å². The maximum atomic E-state index is 12.4. The summed E-state index contributed by atoms with van der Waals surface area (Å²) in [5.74, 6) is 0.626. The number of benzene rings is 6. The van der Waals surface area contributed by atoms with Gasteiger partial charge in [-0.1, -0.05) is 187 Å². The van der Waals surface area contributed by atoms with Gasteiger partial charge in [0.15, 0.2) is 0 Å². The third kappa shape index (κ3) is 6.92. The van der Waals surface area contributed by atoms with Gasteiger partial charge in [0.2, 0.25) is 0 Å². The highest BCUT2D eigenvalue weighted by Gasteiger charge is 2.37. The summed E-state index contributed by atoms with van der Waals surface area (Å²) in [4.78, 5) is 0. The van der Waals surface area contributed by atoms with Crippen LogP contribution in [0.3, 0.4) is 0 Å². The van der Waals surface area contributed by atoms with Crippen LogP contribution in [0.15, 0.2) is 146 Å². The number of aryl methyl sites for hydroxylation is 2. The highest BCUT2D eigenvalue weighted by atomic mass is 16.3. The van der Waals surface area contributed by atoms with Gasteiger partial charge in [-0.15, -0.1) is 0 Å². The molecule has 2 N–H and O–H groups in total. The fourth-order valence-electron chi connectivity index (χ4n) is 7.71. The van der Waals surface area contributed by atoms with E-state index in [9.17, 15) is 10.2 Å². The van der Waals surface area contributed by atoms with Crippen molar-refractivity contribution in [1.82, 2.24) is 0 Å². The Balaban J connectivity index is 1.53. The number of rotatable bonds is 9. The third-order valence-electron chi connectivity index (χ3n) is 11.3. The number of hydrogen-bond donors (Lipinski definition) is 2. The van der Waals surface area contributed by atoms with Crippen molar-refractivity contribution in [2.24, 2.45) is 0 Å². The van der Waals surface area contributed by atoms with Crippen LogP contribution in [0, 0.1) is 0 Å². The van der Waals surface area contributed by atoms with Crippen LogP contribution >= 0.6 is 0 Å². The van der Waals surface area contributed by atoms with Crippen LogP contribution in [0.2, 0.25) is 0 Å². The van der Waals surface area contributed by atoms with Gasteiger partial charge >= 0.3 is 0 Å². The van der Waals surface area contributed by atoms with Crippen LogP contribution < -0.4 is 0 Å². The van der Waals surface area contributed by atoms with Crippen LogP contribution in [0.1, 0.15) is 111 Å². The summed E-state index contributed by atoms with van der Waals surface area (Å²) in [5.41, 5.74) is 8.87. The van der Waals surface area contributed by atoms with E-state index in [0.717, 1.165) is 44.5 Å². The van der Waals surface area contributed by atoms with Crippen LogP contribution in [-0.2, 0) is 34.5 Å². The van der Waals surface area contributed by atoms with Crippen molar-refractivity contribution in [3.05, 3.63) is 201 Å². The lowest BCUT2D eigenvalue weighted by Gasteiger charge is -2.35. The van der Waals surface area contributed by atoms with Crippen LogP contribution in [0.25, 0.3) is 0 Å². The summed E-state index contributed by atoms with van der Waals surface area (Å²) in [5, 5.41) is 24.8. The normalized spacial score (nSPS) is 12.5. The maximum Gasteiger partial charge on any atom is 0.123 e. The van der Waals surface area contributed by atoms with E-state index in [1.165, 1.54) is 11.1 Å². The van der Waals surface area contributed by atoms with Crippen molar-refractivity contribution in [3.8, 4) is 11.5 Å². The summed E-state index contributed by atoms with van der Waals surface area (Å²) in [6.45, 7) is 17.8. The maximum absolute atomic E-state index is 12.4. The average Bonchev–Trinajstić information content (AvgIpc) is 3.14. The molecule has 0 saturated heterocycles. The molecule has 0 unspecified atom stereocenters. The van der Waals surface area contributed by atoms with Gasteiger partial charge < -0.3 is 10.2 Å². The van der Waals surface area contributed by atoms with E-state index >= 15 is 0 Å². The first-order valence-electron chi connectivity index (χ1n) is 18.6. The lowest BCUT2D eigenvalue weighted by molar-refractivity contribution is 0.442. The second-order valence-electron chi connectivity index (χ2n) is 16.8. The molecule has 0 saturated carbocycles. The van der Waals surface area contributed by atoms with E-state index < -0.39 is 10.8 Å². The Morgan fingerprint density at radius 3 is 0.827 bits per heavy atom. The Morgan fingerprint density at radius 1 is 0.346 bits per heavy atom. The van der Waals surface area contributed by atoms with Gasteiger partial charge in [-0.3, -0.25) is 0 Å². The van der Waals surface area contributed by atoms with Crippen LogP contribution in [0.5, 0.6) is 11.5 Å². The summed E-state index contributed by atoms with van der Waals surface area (Å²) in [6.07, 6.45) is 1.13. The summed E-state index contributed by atoms with van der Waals surface area (Å²) in [6, 6.07) is 50.8. The zero-order chi connectivity index (χ0) is 37.3. The molecule has 0 heterocycles. The fourth-order valence-corrected chi connectivity index (χ4v) is 7.71. The van der Waals surface area contributed by atoms with Crippen LogP contribution in [0.4, 0.5) is 0 Å². The highest BCUT2D eigenvalue weighted by Crippen LogP contribution is 2.48. The quantitative estimate of drug-likeness (QED) is 0.149. The van der Waals surface area contributed by atoms with E-state index in [0.29, 0.717) is 24.3 Å². The predicted molar refractivity (Wildman–Crippen MR) is 218 cm³/mol. The minimum Gasteiger partial charge on any atom is -0.507 e. The monoisotopic (exact) mass is 686 g/mol. The molecule has 0 aliphatic rings. The Kier molecular flexibility index (Phi) is 9.99. The number of aromatic hydroxyl groups is 2. The largest absolute Gasteiger partial charge is 0.507 e. The average molecular weight is 687 g/mol. The Hall–Kier alpha value is -5.08. The predicted octanol–water partition coefficient (Wildman–Crippen LogP) is 12.2. The topological polar surface area (TPSA) is 40.5 Å². The van der Waals surface area contributed by atoms with Gasteiger partial charge in [0.25, 0.3) is 0 Å². The van der Waals surface area contributed by atoms with Gasteiger partial charge in [0, 0.05) is 22.0 Å². The molecule has 0 aromatic heterocycles. The van der Waals surface area contributed by atoms with Gasteiger partial charge in [0.05, 0.1) is 0 Å². The van der Waals surface area contributed by atoms with E-state index in [-0.39, 0.29) is 10.8 Å². The first-order valence-corrected chi connectivity index (χ1v) is 18.6. The standard InChI is InChI=1S/C50H54O2/c1-47(2,3)41-31-35(45(51)43(33-41)49(7,37-21-13-9-14-22-37)38-23-15-10-16-24-38)29-30-36-32-42(48(4,5)6)34-44(46(36)52)50(8,39-25-17-11-18-26-39)40-27-19-12-20-28-40/h9-28,31-34,51-52H,29-30H2,1-8H3. The molecule has 0 radical (unpaired) electrons. The second-order valence-corrected chi connectivity index (χ2v) is 16.8. The SMILES string of the molecule is CC(C)(C)c1cc(CCc2cc(C(C)(C)C)cc(C(C)(c3ccccc3)c3ccccc3)c2O)c(O)c(C(C)(c2ccccc2)c2ccccc2)c1. The van der Waals surface area contributed by atoms with Gasteiger partial charge in [-0.2, -0.15) is 0 Å². The zero-order valence-electron chi connectivity index (χ0n) is 32.2. The van der Waals surface area contributed by atoms with Crippen molar-refractivity contribution in [2.45, 2.75) is 89.9 Å². The minimum absolute atomic E-state index is 0.153. The third-order valence-corrected chi connectivity index (χ3v) is 11.3. The lowest BCUT2D eigenvalue weighted by Crippen LogP contribution is -2.27. The Morgan fingerprint density at radius 2 is 0.596 bits per heavy atom. The second kappa shape index (κ2) is 14.2. The van der Waals surface area contributed by atoms with E-state index in [1.54, 1.807) is 0 Å². The molecule has 6 aromatic rings. The lowest BCUT2D eigenvalue weighted by atomic mass is 9.68. The first-order chi connectivity index (χ1) is 24.6. The molecule has 0 aliphatic carbocycles. The number of phenols is 2. The zero-order valence-corrected chi connectivity index (χ0v) is 32.2. The highest BCUT2D eigenvalue weighted by molar-refractivity contribution is 5.61. The summed E-state index contributed by atoms with van der Waals surface area (Å²) in [7, 11) is 0. The molecule has 0 bridgehead atoms. The van der Waals surface area contributed by atoms with E-state index in [2.05, 4.69) is 177 Å². The Labute approximate surface area is 311 Å². The molecule has 0 aliphatic heterocycles. The first kappa shape index (κ1) is 36.7. The van der Waals surface area contributed by atoms with Gasteiger partial charge in [0.1, 0.15) is 11.5 Å². The van der Waals surface area contributed by atoms with Crippen molar-refractivity contribution in [2.75, 3.05) is 0 Å². The fraction of sp³-hybridized carbons (Fsp3) is 0.280. The van der Waals surface area contributed by atoms with Crippen LogP contribution in [-0.4, -0.2) is 10.2 Å². The molecule has 0 atom stereocenters. The van der Waals surface area contributed by atoms with E-state index in [4.69, 9.17) is 0 Å². The smallest absolute Gasteiger partial charge is 0.123 e. The molecule has 2 heteroatoms. The molecule has 266 valence electrons. The Bertz CT molecular complexity index is 1880. The molecule has 2 nitrogen and oxygen atoms in total. The molecular formula is C50H54O2. The molecule has 6 rings (SSSR count). The van der Waals surface area contributed by atoms with Gasteiger partial charge in [-0.05, 0) is 82.0 Å². The molecule has 6 aromatic carbocycles. The van der Waals surface area contributed by atoms with Gasteiger partial charge in [-0.25, -0.2) is 0 Å². The summed E-state index contributed by atoms with van der Waals surface area (Å²) < 4.78 is 0. The molecular weight excluding hydrogens is 633 g/mol. The molecule has 52 heavy (non-hydrogen) atoms. The van der Waals surface area contributed by atoms with Crippen molar-refractivity contribution >= 4 is 0 Å². The number of phenolic OH excluding ortho intramolecular Hbond substituents is 2. The van der Waals surface area contributed by atoms with Crippen molar-refractivity contribution in [1.29, 1.82) is 0 Å². The van der Waals surface area contributed by atoms with E-state index in [1.807, 2.05) is 24.3 Å². The minimum atomic E-state index is -0.600. The molecule has 0 fully saturated rings. The van der Waals surface area contributed by atoms with Crippen molar-refractivity contribution < 1.29 is 10.2 Å². The summed E-state index contributed by atoms with van der Waals surface area (Å²) >= 11 is 0. The molecule has 0 spiro atoms. The molecule has 0 amide bonds. The number of hydrogen-bond acceptors (Lipinski definition) is 2.